The summed E-state index contributed by atoms with van der Waals surface area (Å²) in [4.78, 5) is 32.7. The van der Waals surface area contributed by atoms with Crippen molar-refractivity contribution in [3.63, 3.8) is 0 Å². The highest BCUT2D eigenvalue weighted by atomic mass is 19.1. The molecule has 186 valence electrons. The van der Waals surface area contributed by atoms with Gasteiger partial charge in [0.25, 0.3) is 11.8 Å². The Labute approximate surface area is 208 Å². The molecular weight excluding hydrogens is 459 g/mol. The molecule has 0 aliphatic carbocycles. The van der Waals surface area contributed by atoms with Gasteiger partial charge in [-0.15, -0.1) is 0 Å². The number of primary amides is 1. The maximum atomic E-state index is 15.5. The Morgan fingerprint density at radius 1 is 1.03 bits per heavy atom. The van der Waals surface area contributed by atoms with Gasteiger partial charge in [0.05, 0.1) is 17.2 Å². The lowest BCUT2D eigenvalue weighted by Crippen LogP contribution is -2.47. The molecular formula is C28H29FN4O3. The molecule has 1 aliphatic rings. The van der Waals surface area contributed by atoms with E-state index in [1.54, 1.807) is 42.5 Å². The molecule has 3 aromatic carbocycles. The topological polar surface area (TPSA) is 91.7 Å². The number of ether oxygens (including phenoxy) is 1. The molecule has 0 atom stereocenters. The molecule has 0 radical (unpaired) electrons. The Balaban J connectivity index is 1.67. The van der Waals surface area contributed by atoms with Crippen molar-refractivity contribution in [3.8, 4) is 16.9 Å². The zero-order valence-corrected chi connectivity index (χ0v) is 20.6. The monoisotopic (exact) mass is 488 g/mol. The molecule has 4 aromatic rings. The van der Waals surface area contributed by atoms with E-state index in [0.29, 0.717) is 51.8 Å². The minimum Gasteiger partial charge on any atom is -0.488 e. The second-order valence-electron chi connectivity index (χ2n) is 9.54. The minimum absolute atomic E-state index is 0.0383. The molecule has 1 aromatic heterocycles. The summed E-state index contributed by atoms with van der Waals surface area (Å²) in [5.41, 5.74) is 8.66. The molecule has 1 saturated heterocycles. The van der Waals surface area contributed by atoms with Crippen LogP contribution in [0.3, 0.4) is 0 Å². The van der Waals surface area contributed by atoms with Crippen LogP contribution in [0.4, 0.5) is 4.39 Å². The smallest absolute Gasteiger partial charge is 0.254 e. The number of hydrogen-bond donors (Lipinski definition) is 2. The summed E-state index contributed by atoms with van der Waals surface area (Å²) in [6.07, 6.45) is -0.184. The first-order valence-corrected chi connectivity index (χ1v) is 12.1. The van der Waals surface area contributed by atoms with E-state index in [9.17, 15) is 9.59 Å². The summed E-state index contributed by atoms with van der Waals surface area (Å²) in [6.45, 7) is 6.68. The number of aromatic amines is 1. The van der Waals surface area contributed by atoms with Gasteiger partial charge in [0, 0.05) is 53.6 Å². The molecule has 3 N–H and O–H groups in total. The molecule has 7 nitrogen and oxygen atoms in total. The van der Waals surface area contributed by atoms with Crippen LogP contribution < -0.4 is 10.5 Å². The number of benzene rings is 3. The Bertz CT molecular complexity index is 1490. The number of rotatable bonds is 5. The van der Waals surface area contributed by atoms with Gasteiger partial charge in [-0.25, -0.2) is 4.39 Å². The molecule has 0 spiro atoms. The maximum Gasteiger partial charge on any atom is 0.254 e. The molecule has 0 bridgehead atoms. The van der Waals surface area contributed by atoms with Crippen molar-refractivity contribution in [2.75, 3.05) is 33.2 Å². The van der Waals surface area contributed by atoms with Gasteiger partial charge in [-0.1, -0.05) is 24.3 Å². The van der Waals surface area contributed by atoms with Crippen LogP contribution >= 0.6 is 0 Å². The molecule has 36 heavy (non-hydrogen) atoms. The molecule has 0 unspecified atom stereocenters. The van der Waals surface area contributed by atoms with Gasteiger partial charge in [0.15, 0.2) is 11.6 Å². The van der Waals surface area contributed by atoms with Gasteiger partial charge < -0.3 is 25.3 Å². The van der Waals surface area contributed by atoms with E-state index in [-0.39, 0.29) is 17.8 Å². The van der Waals surface area contributed by atoms with Gasteiger partial charge in [0.1, 0.15) is 0 Å². The van der Waals surface area contributed by atoms with E-state index in [2.05, 4.69) is 9.88 Å². The number of amides is 2. The van der Waals surface area contributed by atoms with Crippen LogP contribution in [0.5, 0.6) is 5.75 Å². The number of hydrogen-bond acceptors (Lipinski definition) is 4. The molecule has 2 heterocycles. The first-order chi connectivity index (χ1) is 17.2. The fourth-order valence-electron chi connectivity index (χ4n) is 4.83. The minimum atomic E-state index is -0.593. The number of aromatic nitrogens is 1. The average molecular weight is 489 g/mol. The largest absolute Gasteiger partial charge is 0.488 e. The molecule has 1 fully saturated rings. The highest BCUT2D eigenvalue weighted by molar-refractivity contribution is 6.20. The van der Waals surface area contributed by atoms with Gasteiger partial charge in [-0.3, -0.25) is 9.59 Å². The van der Waals surface area contributed by atoms with Crippen molar-refractivity contribution in [1.82, 2.24) is 14.8 Å². The summed E-state index contributed by atoms with van der Waals surface area (Å²) in [7, 11) is 2.04. The normalized spacial score (nSPS) is 14.6. The molecule has 1 aliphatic heterocycles. The molecule has 2 amide bonds. The third kappa shape index (κ3) is 4.18. The first-order valence-electron chi connectivity index (χ1n) is 12.1. The summed E-state index contributed by atoms with van der Waals surface area (Å²) in [5, 5.41) is 1.44. The second kappa shape index (κ2) is 9.28. The van der Waals surface area contributed by atoms with Crippen LogP contribution in [0.2, 0.25) is 0 Å². The van der Waals surface area contributed by atoms with Crippen LogP contribution in [0.25, 0.3) is 32.9 Å². The number of piperazine rings is 1. The Morgan fingerprint density at radius 2 is 1.78 bits per heavy atom. The molecule has 8 heteroatoms. The van der Waals surface area contributed by atoms with Crippen molar-refractivity contribution in [3.05, 3.63) is 65.5 Å². The zero-order chi connectivity index (χ0) is 25.6. The van der Waals surface area contributed by atoms with Crippen molar-refractivity contribution >= 4 is 33.6 Å². The standard InChI is InChI=1S/C28H29FN4O3/c1-16(2)36-23-6-4-5-19(25(23)29)18-9-10-21(27(30)34)26-24(18)20-8-7-17(15-22(20)31-26)28(35)33-13-11-32(3)12-14-33/h4-10,15-16,31H,11-14H2,1-3H3,(H2,30,34). The van der Waals surface area contributed by atoms with Crippen molar-refractivity contribution < 1.29 is 18.7 Å². The van der Waals surface area contributed by atoms with Gasteiger partial charge >= 0.3 is 0 Å². The lowest BCUT2D eigenvalue weighted by atomic mass is 9.96. The summed E-state index contributed by atoms with van der Waals surface area (Å²) in [6, 6.07) is 13.7. The summed E-state index contributed by atoms with van der Waals surface area (Å²) < 4.78 is 21.2. The number of nitrogens with one attached hydrogen (secondary N) is 1. The SMILES string of the molecule is CC(C)Oc1cccc(-c2ccc(C(N)=O)c3[nH]c4cc(C(=O)N5CCN(C)CC5)ccc4c23)c1F. The van der Waals surface area contributed by atoms with E-state index in [0.717, 1.165) is 18.5 Å². The number of H-pyrrole nitrogens is 1. The Kier molecular flexibility index (Phi) is 6.14. The van der Waals surface area contributed by atoms with Crippen LogP contribution in [0, 0.1) is 5.82 Å². The summed E-state index contributed by atoms with van der Waals surface area (Å²) >= 11 is 0. The molecule has 5 rings (SSSR count). The van der Waals surface area contributed by atoms with E-state index >= 15 is 4.39 Å². The summed E-state index contributed by atoms with van der Waals surface area (Å²) in [5.74, 6) is -0.946. The fourth-order valence-corrected chi connectivity index (χ4v) is 4.83. The number of nitrogens with two attached hydrogens (primary N) is 1. The van der Waals surface area contributed by atoms with E-state index < -0.39 is 11.7 Å². The third-order valence-corrected chi connectivity index (χ3v) is 6.67. The number of likely N-dealkylation sites (N-methyl/N-ethyl adjacent to an activating group) is 1. The van der Waals surface area contributed by atoms with E-state index in [4.69, 9.17) is 10.5 Å². The van der Waals surface area contributed by atoms with Gasteiger partial charge in [-0.05, 0) is 50.7 Å². The third-order valence-electron chi connectivity index (χ3n) is 6.67. The van der Waals surface area contributed by atoms with Crippen molar-refractivity contribution in [2.24, 2.45) is 5.73 Å². The van der Waals surface area contributed by atoms with Gasteiger partial charge in [-0.2, -0.15) is 0 Å². The van der Waals surface area contributed by atoms with Crippen LogP contribution in [0.15, 0.2) is 48.5 Å². The highest BCUT2D eigenvalue weighted by Crippen LogP contribution is 2.39. The molecule has 0 saturated carbocycles. The van der Waals surface area contributed by atoms with E-state index in [1.807, 2.05) is 31.9 Å². The maximum absolute atomic E-state index is 15.5. The fraction of sp³-hybridized carbons (Fsp3) is 0.286. The number of carbonyl (C=O) groups excluding carboxylic acids is 2. The second-order valence-corrected chi connectivity index (χ2v) is 9.54. The quantitative estimate of drug-likeness (QED) is 0.436. The van der Waals surface area contributed by atoms with Crippen LogP contribution in [-0.2, 0) is 0 Å². The van der Waals surface area contributed by atoms with Crippen LogP contribution in [-0.4, -0.2) is 65.9 Å². The van der Waals surface area contributed by atoms with Crippen molar-refractivity contribution in [2.45, 2.75) is 20.0 Å². The number of halogens is 1. The number of fused-ring (bicyclic) bond motifs is 3. The predicted molar refractivity (Wildman–Crippen MR) is 139 cm³/mol. The lowest BCUT2D eigenvalue weighted by molar-refractivity contribution is 0.0664. The van der Waals surface area contributed by atoms with Gasteiger partial charge in [0.2, 0.25) is 0 Å². The Morgan fingerprint density at radius 3 is 2.47 bits per heavy atom. The zero-order valence-electron chi connectivity index (χ0n) is 20.6. The first kappa shape index (κ1) is 23.8. The van der Waals surface area contributed by atoms with Crippen molar-refractivity contribution in [1.29, 1.82) is 0 Å². The average Bonchev–Trinajstić information content (AvgIpc) is 3.23. The number of nitrogens with zero attached hydrogens (tertiary/aromatic N) is 2. The predicted octanol–water partition coefficient (Wildman–Crippen LogP) is 4.40. The van der Waals surface area contributed by atoms with E-state index in [1.165, 1.54) is 0 Å². The highest BCUT2D eigenvalue weighted by Gasteiger charge is 2.23. The lowest BCUT2D eigenvalue weighted by Gasteiger charge is -2.32. The van der Waals surface area contributed by atoms with Crippen LogP contribution in [0.1, 0.15) is 34.6 Å². The number of carbonyl (C=O) groups is 2. The Hall–Kier alpha value is -3.91.